The molecule has 0 atom stereocenters. The smallest absolute Gasteiger partial charge is 0.339 e. The van der Waals surface area contributed by atoms with Crippen molar-refractivity contribution < 1.29 is 9.53 Å². The lowest BCUT2D eigenvalue weighted by molar-refractivity contribution is 0.0599. The number of ether oxygens (including phenoxy) is 1. The third kappa shape index (κ3) is 2.81. The van der Waals surface area contributed by atoms with E-state index in [1.54, 1.807) is 13.0 Å². The van der Waals surface area contributed by atoms with E-state index in [-0.39, 0.29) is 0 Å². The molecule has 0 bridgehead atoms. The number of aromatic amines is 1. The van der Waals surface area contributed by atoms with Crippen molar-refractivity contribution in [1.82, 2.24) is 15.2 Å². The highest BCUT2D eigenvalue weighted by atomic mass is 16.5. The number of H-pyrrole nitrogens is 1. The van der Waals surface area contributed by atoms with E-state index in [0.29, 0.717) is 28.6 Å². The van der Waals surface area contributed by atoms with Gasteiger partial charge in [0, 0.05) is 31.1 Å². The molecular weight excluding hydrogens is 330 g/mol. The highest BCUT2D eigenvalue weighted by molar-refractivity contribution is 5.91. The number of fused-ring (bicyclic) bond motifs is 1. The number of rotatable bonds is 3. The van der Waals surface area contributed by atoms with Crippen LogP contribution in [0.3, 0.4) is 0 Å². The van der Waals surface area contributed by atoms with E-state index in [2.05, 4.69) is 26.2 Å². The molecule has 0 saturated heterocycles. The zero-order valence-electron chi connectivity index (χ0n) is 15.0. The van der Waals surface area contributed by atoms with Crippen molar-refractivity contribution in [3.05, 3.63) is 39.8 Å². The Bertz CT molecular complexity index is 907. The van der Waals surface area contributed by atoms with Gasteiger partial charge in [0.15, 0.2) is 0 Å². The Hall–Kier alpha value is -2.88. The number of hydrogen-bond donors (Lipinski definition) is 1. The molecule has 0 aromatic carbocycles. The molecule has 7 heteroatoms. The third-order valence-corrected chi connectivity index (χ3v) is 5.23. The highest BCUT2D eigenvalue weighted by Crippen LogP contribution is 2.41. The average Bonchev–Trinajstić information content (AvgIpc) is 3.45. The van der Waals surface area contributed by atoms with Crippen LogP contribution in [0.4, 0.5) is 5.82 Å². The summed E-state index contributed by atoms with van der Waals surface area (Å²) in [6, 6.07) is 3.77. The summed E-state index contributed by atoms with van der Waals surface area (Å²) >= 11 is 0. The molecule has 2 aromatic heterocycles. The number of nitrogens with one attached hydrogen (secondary N) is 1. The number of nitrogens with zero attached hydrogens (tertiary/aromatic N) is 4. The van der Waals surface area contributed by atoms with Gasteiger partial charge in [0.25, 0.3) is 0 Å². The number of pyridine rings is 1. The summed E-state index contributed by atoms with van der Waals surface area (Å²) in [5.41, 5.74) is 5.10. The number of esters is 1. The van der Waals surface area contributed by atoms with Gasteiger partial charge in [-0.2, -0.15) is 10.4 Å². The summed E-state index contributed by atoms with van der Waals surface area (Å²) in [7, 11) is 1.33. The number of nitriles is 1. The first-order valence-corrected chi connectivity index (χ1v) is 8.93. The van der Waals surface area contributed by atoms with Gasteiger partial charge in [-0.3, -0.25) is 5.10 Å². The molecule has 7 nitrogen and oxygen atoms in total. The quantitative estimate of drug-likeness (QED) is 0.852. The maximum absolute atomic E-state index is 11.9. The van der Waals surface area contributed by atoms with Crippen LogP contribution in [0.25, 0.3) is 0 Å². The summed E-state index contributed by atoms with van der Waals surface area (Å²) in [5, 5.41) is 17.3. The van der Waals surface area contributed by atoms with Crippen LogP contribution < -0.4 is 4.90 Å². The van der Waals surface area contributed by atoms with Crippen molar-refractivity contribution >= 4 is 11.8 Å². The monoisotopic (exact) mass is 351 g/mol. The maximum atomic E-state index is 11.9. The van der Waals surface area contributed by atoms with Crippen molar-refractivity contribution in [2.75, 3.05) is 25.1 Å². The normalized spacial score (nSPS) is 16.6. The second-order valence-electron chi connectivity index (χ2n) is 6.92. The van der Waals surface area contributed by atoms with Gasteiger partial charge in [-0.15, -0.1) is 0 Å². The molecule has 134 valence electrons. The molecule has 0 amide bonds. The van der Waals surface area contributed by atoms with Crippen LogP contribution in [0.1, 0.15) is 57.3 Å². The highest BCUT2D eigenvalue weighted by Gasteiger charge is 2.31. The first-order valence-electron chi connectivity index (χ1n) is 8.93. The zero-order chi connectivity index (χ0) is 18.3. The summed E-state index contributed by atoms with van der Waals surface area (Å²) in [4.78, 5) is 18.6. The topological polar surface area (TPSA) is 94.9 Å². The minimum Gasteiger partial charge on any atom is -0.465 e. The third-order valence-electron chi connectivity index (χ3n) is 5.23. The first-order chi connectivity index (χ1) is 12.6. The Morgan fingerprint density at radius 3 is 2.85 bits per heavy atom. The predicted molar refractivity (Wildman–Crippen MR) is 95.2 cm³/mol. The van der Waals surface area contributed by atoms with Gasteiger partial charge in [-0.1, -0.05) is 0 Å². The number of hydrogen-bond acceptors (Lipinski definition) is 6. The Labute approximate surface area is 152 Å². The second-order valence-corrected chi connectivity index (χ2v) is 6.92. The van der Waals surface area contributed by atoms with Crippen LogP contribution in [0.5, 0.6) is 0 Å². The van der Waals surface area contributed by atoms with E-state index < -0.39 is 5.97 Å². The minimum atomic E-state index is -0.468. The van der Waals surface area contributed by atoms with Gasteiger partial charge in [0.1, 0.15) is 11.9 Å². The SMILES string of the molecule is COC(=O)c1cc(C#N)c(N2CCc3[nH]nc(C4CC4)c3CC2)nc1C. The lowest BCUT2D eigenvalue weighted by Crippen LogP contribution is -2.28. The number of aryl methyl sites for hydroxylation is 1. The van der Waals surface area contributed by atoms with E-state index in [4.69, 9.17) is 4.74 Å². The number of carbonyl (C=O) groups excluding carboxylic acids is 1. The number of aromatic nitrogens is 3. The summed E-state index contributed by atoms with van der Waals surface area (Å²) < 4.78 is 4.78. The number of carbonyl (C=O) groups is 1. The molecule has 2 aliphatic rings. The fourth-order valence-corrected chi connectivity index (χ4v) is 3.65. The van der Waals surface area contributed by atoms with Crippen LogP contribution in [0, 0.1) is 18.3 Å². The van der Waals surface area contributed by atoms with E-state index in [1.807, 2.05) is 0 Å². The van der Waals surface area contributed by atoms with Gasteiger partial charge in [-0.05, 0) is 37.8 Å². The van der Waals surface area contributed by atoms with Crippen molar-refractivity contribution in [2.45, 2.75) is 38.5 Å². The zero-order valence-corrected chi connectivity index (χ0v) is 15.0. The standard InChI is InChI=1S/C19H21N5O2/c1-11-15(19(25)26-2)9-13(10-20)18(21-11)24-7-5-14-16(6-8-24)22-23-17(14)12-3-4-12/h9,12H,3-8H2,1-2H3,(H,22,23). The summed E-state index contributed by atoms with van der Waals surface area (Å²) in [6.45, 7) is 3.31. The molecule has 2 aromatic rings. The fourth-order valence-electron chi connectivity index (χ4n) is 3.65. The van der Waals surface area contributed by atoms with Gasteiger partial charge in [0.2, 0.25) is 0 Å². The fraction of sp³-hybridized carbons (Fsp3) is 0.474. The predicted octanol–water partition coefficient (Wildman–Crippen LogP) is 2.25. The summed E-state index contributed by atoms with van der Waals surface area (Å²) in [6.07, 6.45) is 4.20. The van der Waals surface area contributed by atoms with Crippen molar-refractivity contribution in [1.29, 1.82) is 5.26 Å². The largest absolute Gasteiger partial charge is 0.465 e. The molecule has 3 heterocycles. The van der Waals surface area contributed by atoms with Crippen LogP contribution in [-0.4, -0.2) is 41.3 Å². The van der Waals surface area contributed by atoms with Gasteiger partial charge >= 0.3 is 5.97 Å². The molecule has 0 unspecified atom stereocenters. The van der Waals surface area contributed by atoms with Crippen molar-refractivity contribution in [3.8, 4) is 6.07 Å². The lowest BCUT2D eigenvalue weighted by Gasteiger charge is -2.23. The van der Waals surface area contributed by atoms with E-state index in [1.165, 1.54) is 36.9 Å². The van der Waals surface area contributed by atoms with Crippen LogP contribution in [-0.2, 0) is 17.6 Å². The van der Waals surface area contributed by atoms with Crippen LogP contribution >= 0.6 is 0 Å². The van der Waals surface area contributed by atoms with E-state index in [0.717, 1.165) is 25.9 Å². The second kappa shape index (κ2) is 6.45. The molecule has 1 saturated carbocycles. The van der Waals surface area contributed by atoms with Crippen LogP contribution in [0.2, 0.25) is 0 Å². The molecular formula is C19H21N5O2. The van der Waals surface area contributed by atoms with Crippen molar-refractivity contribution in [3.63, 3.8) is 0 Å². The molecule has 1 fully saturated rings. The van der Waals surface area contributed by atoms with Gasteiger partial charge in [0.05, 0.1) is 29.6 Å². The molecule has 0 spiro atoms. The first kappa shape index (κ1) is 16.6. The number of anilines is 1. The van der Waals surface area contributed by atoms with E-state index in [9.17, 15) is 10.1 Å². The molecule has 1 N–H and O–H groups in total. The van der Waals surface area contributed by atoms with Gasteiger partial charge in [-0.25, -0.2) is 9.78 Å². The molecule has 1 aliphatic heterocycles. The lowest BCUT2D eigenvalue weighted by atomic mass is 10.1. The Morgan fingerprint density at radius 1 is 1.38 bits per heavy atom. The van der Waals surface area contributed by atoms with Crippen molar-refractivity contribution in [2.24, 2.45) is 0 Å². The van der Waals surface area contributed by atoms with Gasteiger partial charge < -0.3 is 9.64 Å². The average molecular weight is 351 g/mol. The minimum absolute atomic E-state index is 0.341. The maximum Gasteiger partial charge on any atom is 0.339 e. The summed E-state index contributed by atoms with van der Waals surface area (Å²) in [5.74, 6) is 0.795. The van der Waals surface area contributed by atoms with E-state index >= 15 is 0 Å². The Balaban J connectivity index is 1.63. The molecule has 1 aliphatic carbocycles. The molecule has 4 rings (SSSR count). The Kier molecular flexibility index (Phi) is 4.11. The Morgan fingerprint density at radius 2 is 2.15 bits per heavy atom. The molecule has 0 radical (unpaired) electrons. The molecule has 26 heavy (non-hydrogen) atoms. The van der Waals surface area contributed by atoms with Crippen LogP contribution in [0.15, 0.2) is 6.07 Å². The number of methoxy groups -OCH3 is 1.